The topological polar surface area (TPSA) is 47.0 Å². The van der Waals surface area contributed by atoms with Gasteiger partial charge in [-0.2, -0.15) is 0 Å². The molecule has 1 amide bonds. The highest BCUT2D eigenvalue weighted by atomic mass is 16.3. The zero-order valence-corrected chi connectivity index (χ0v) is 11.3. The van der Waals surface area contributed by atoms with E-state index in [1.165, 1.54) is 0 Å². The number of nitrogens with zero attached hydrogens (tertiary/aromatic N) is 3. The van der Waals surface area contributed by atoms with Crippen molar-refractivity contribution in [1.82, 2.24) is 14.7 Å². The van der Waals surface area contributed by atoms with E-state index in [1.54, 1.807) is 0 Å². The summed E-state index contributed by atoms with van der Waals surface area (Å²) in [5, 5.41) is 8.91. The summed E-state index contributed by atoms with van der Waals surface area (Å²) >= 11 is 0. The Balaban J connectivity index is 1.79. The Hall–Kier alpha value is -0.650. The number of rotatable bonds is 4. The van der Waals surface area contributed by atoms with Crippen LogP contribution in [0.1, 0.15) is 19.8 Å². The Morgan fingerprint density at radius 1 is 1.11 bits per heavy atom. The van der Waals surface area contributed by atoms with Gasteiger partial charge in [0.05, 0.1) is 12.6 Å². The molecule has 5 nitrogen and oxygen atoms in total. The number of likely N-dealkylation sites (tertiary alicyclic amines) is 1. The monoisotopic (exact) mass is 255 g/mol. The molecule has 5 heteroatoms. The van der Waals surface area contributed by atoms with Gasteiger partial charge in [0.15, 0.2) is 0 Å². The van der Waals surface area contributed by atoms with E-state index in [2.05, 4.69) is 9.80 Å². The average molecular weight is 255 g/mol. The van der Waals surface area contributed by atoms with Crippen molar-refractivity contribution in [1.29, 1.82) is 0 Å². The third-order valence-corrected chi connectivity index (χ3v) is 4.15. The summed E-state index contributed by atoms with van der Waals surface area (Å²) in [6.45, 7) is 8.66. The number of aliphatic hydroxyl groups excluding tert-OH is 1. The van der Waals surface area contributed by atoms with Gasteiger partial charge in [-0.3, -0.25) is 14.6 Å². The summed E-state index contributed by atoms with van der Waals surface area (Å²) in [5.74, 6) is 0.295. The molecule has 0 spiro atoms. The Morgan fingerprint density at radius 3 is 2.28 bits per heavy atom. The number of hydrogen-bond donors (Lipinski definition) is 1. The smallest absolute Gasteiger partial charge is 0.239 e. The van der Waals surface area contributed by atoms with E-state index in [-0.39, 0.29) is 12.6 Å². The van der Waals surface area contributed by atoms with Crippen LogP contribution in [0.15, 0.2) is 0 Å². The Kier molecular flexibility index (Phi) is 4.97. The van der Waals surface area contributed by atoms with E-state index in [1.807, 2.05) is 11.8 Å². The van der Waals surface area contributed by atoms with Gasteiger partial charge in [0, 0.05) is 45.8 Å². The molecule has 0 saturated carbocycles. The molecule has 104 valence electrons. The second-order valence-electron chi connectivity index (χ2n) is 5.31. The average Bonchev–Trinajstić information content (AvgIpc) is 2.92. The highest BCUT2D eigenvalue weighted by Gasteiger charge is 2.29. The summed E-state index contributed by atoms with van der Waals surface area (Å²) in [6.07, 6.45) is 2.31. The van der Waals surface area contributed by atoms with Gasteiger partial charge < -0.3 is 10.0 Å². The number of β-amino-alcohol motifs (C(OH)–C–C–N with tert-alkyl or cyclic N) is 1. The molecule has 2 aliphatic heterocycles. The predicted octanol–water partition coefficient (Wildman–Crippen LogP) is -0.393. The summed E-state index contributed by atoms with van der Waals surface area (Å²) in [5.41, 5.74) is 0. The van der Waals surface area contributed by atoms with Crippen LogP contribution in [0.4, 0.5) is 0 Å². The van der Waals surface area contributed by atoms with E-state index in [4.69, 9.17) is 5.11 Å². The highest BCUT2D eigenvalue weighted by molar-refractivity contribution is 5.81. The van der Waals surface area contributed by atoms with Gasteiger partial charge in [-0.15, -0.1) is 0 Å². The number of aliphatic hydroxyl groups is 1. The minimum atomic E-state index is 0.0133. The molecule has 0 aromatic heterocycles. The zero-order valence-electron chi connectivity index (χ0n) is 11.3. The molecule has 0 aromatic rings. The summed E-state index contributed by atoms with van der Waals surface area (Å²) in [4.78, 5) is 18.8. The van der Waals surface area contributed by atoms with Crippen LogP contribution in [0.2, 0.25) is 0 Å². The number of amides is 1. The highest BCUT2D eigenvalue weighted by Crippen LogP contribution is 2.13. The van der Waals surface area contributed by atoms with Crippen LogP contribution < -0.4 is 0 Å². The van der Waals surface area contributed by atoms with Crippen LogP contribution in [0.5, 0.6) is 0 Å². The maximum Gasteiger partial charge on any atom is 0.239 e. The molecule has 2 saturated heterocycles. The van der Waals surface area contributed by atoms with Crippen LogP contribution >= 0.6 is 0 Å². The summed E-state index contributed by atoms with van der Waals surface area (Å²) in [7, 11) is 0. The quantitative estimate of drug-likeness (QED) is 0.743. The number of piperazine rings is 1. The molecular formula is C13H25N3O2. The lowest BCUT2D eigenvalue weighted by Crippen LogP contribution is -2.54. The van der Waals surface area contributed by atoms with Crippen molar-refractivity contribution in [3.05, 3.63) is 0 Å². The van der Waals surface area contributed by atoms with Crippen molar-refractivity contribution in [3.63, 3.8) is 0 Å². The fourth-order valence-electron chi connectivity index (χ4n) is 2.87. The molecule has 1 atom stereocenters. The van der Waals surface area contributed by atoms with Crippen molar-refractivity contribution in [3.8, 4) is 0 Å². The van der Waals surface area contributed by atoms with Gasteiger partial charge in [-0.25, -0.2) is 0 Å². The van der Waals surface area contributed by atoms with Crippen molar-refractivity contribution in [2.75, 3.05) is 52.4 Å². The van der Waals surface area contributed by atoms with Gasteiger partial charge in [-0.05, 0) is 19.8 Å². The van der Waals surface area contributed by atoms with Crippen LogP contribution in [0, 0.1) is 0 Å². The SMILES string of the molecule is CC(C(=O)N1CCCC1)N1CCN(CCO)CC1. The number of hydrogen-bond acceptors (Lipinski definition) is 4. The van der Waals surface area contributed by atoms with Gasteiger partial charge in [0.2, 0.25) is 5.91 Å². The minimum Gasteiger partial charge on any atom is -0.395 e. The third kappa shape index (κ3) is 3.22. The molecule has 2 rings (SSSR count). The molecule has 2 heterocycles. The molecule has 1 unspecified atom stereocenters. The Labute approximate surface area is 109 Å². The number of carbonyl (C=O) groups is 1. The summed E-state index contributed by atoms with van der Waals surface area (Å²) < 4.78 is 0. The first-order valence-corrected chi connectivity index (χ1v) is 7.08. The predicted molar refractivity (Wildman–Crippen MR) is 70.4 cm³/mol. The van der Waals surface area contributed by atoms with E-state index in [0.717, 1.165) is 58.7 Å². The van der Waals surface area contributed by atoms with Crippen LogP contribution in [0.3, 0.4) is 0 Å². The van der Waals surface area contributed by atoms with E-state index < -0.39 is 0 Å². The minimum absolute atomic E-state index is 0.0133. The molecule has 1 N–H and O–H groups in total. The van der Waals surface area contributed by atoms with Crippen molar-refractivity contribution < 1.29 is 9.90 Å². The van der Waals surface area contributed by atoms with E-state index in [9.17, 15) is 4.79 Å². The maximum atomic E-state index is 12.3. The normalized spacial score (nSPS) is 24.4. The largest absolute Gasteiger partial charge is 0.395 e. The second-order valence-corrected chi connectivity index (χ2v) is 5.31. The van der Waals surface area contributed by atoms with Gasteiger partial charge in [0.1, 0.15) is 0 Å². The zero-order chi connectivity index (χ0) is 13.0. The Bertz CT molecular complexity index is 271. The molecule has 2 fully saturated rings. The van der Waals surface area contributed by atoms with Gasteiger partial charge in [-0.1, -0.05) is 0 Å². The molecule has 0 aliphatic carbocycles. The lowest BCUT2D eigenvalue weighted by molar-refractivity contribution is -0.136. The molecule has 0 radical (unpaired) electrons. The molecule has 18 heavy (non-hydrogen) atoms. The van der Waals surface area contributed by atoms with E-state index in [0.29, 0.717) is 5.91 Å². The van der Waals surface area contributed by atoms with Crippen LogP contribution in [-0.4, -0.2) is 84.2 Å². The molecule has 0 aromatic carbocycles. The first-order chi connectivity index (χ1) is 8.72. The molecular weight excluding hydrogens is 230 g/mol. The van der Waals surface area contributed by atoms with E-state index >= 15 is 0 Å². The number of carbonyl (C=O) groups excluding carboxylic acids is 1. The van der Waals surface area contributed by atoms with Crippen molar-refractivity contribution >= 4 is 5.91 Å². The van der Waals surface area contributed by atoms with Crippen LogP contribution in [0.25, 0.3) is 0 Å². The van der Waals surface area contributed by atoms with Crippen LogP contribution in [-0.2, 0) is 4.79 Å². The Morgan fingerprint density at radius 2 is 1.72 bits per heavy atom. The fraction of sp³-hybridized carbons (Fsp3) is 0.923. The summed E-state index contributed by atoms with van der Waals surface area (Å²) in [6, 6.07) is 0.0133. The van der Waals surface area contributed by atoms with Gasteiger partial charge >= 0.3 is 0 Å². The van der Waals surface area contributed by atoms with Gasteiger partial charge in [0.25, 0.3) is 0 Å². The standard InChI is InChI=1S/C13H25N3O2/c1-12(13(18)16-4-2-3-5-16)15-8-6-14(7-9-15)10-11-17/h12,17H,2-11H2,1H3. The lowest BCUT2D eigenvalue weighted by Gasteiger charge is -2.38. The maximum absolute atomic E-state index is 12.3. The third-order valence-electron chi connectivity index (χ3n) is 4.15. The first kappa shape index (κ1) is 13.8. The first-order valence-electron chi connectivity index (χ1n) is 7.08. The van der Waals surface area contributed by atoms with Crippen molar-refractivity contribution in [2.24, 2.45) is 0 Å². The fourth-order valence-corrected chi connectivity index (χ4v) is 2.87. The van der Waals surface area contributed by atoms with Crippen molar-refractivity contribution in [2.45, 2.75) is 25.8 Å². The lowest BCUT2D eigenvalue weighted by atomic mass is 10.2. The second kappa shape index (κ2) is 6.50. The molecule has 0 bridgehead atoms. The molecule has 2 aliphatic rings.